The van der Waals surface area contributed by atoms with Crippen LogP contribution in [0.15, 0.2) is 70.5 Å². The molecule has 0 unspecified atom stereocenters. The van der Waals surface area contributed by atoms with Crippen molar-refractivity contribution in [1.82, 2.24) is 0 Å². The zero-order chi connectivity index (χ0) is 55.0. The molecule has 4 aromatic carbocycles. The number of hydrogen-bond acceptors (Lipinski definition) is 6. The van der Waals surface area contributed by atoms with Gasteiger partial charge in [0.2, 0.25) is 0 Å². The Morgan fingerprint density at radius 1 is 0.286 bits per heavy atom. The van der Waals surface area contributed by atoms with E-state index in [2.05, 4.69) is 39.8 Å². The summed E-state index contributed by atoms with van der Waals surface area (Å²) < 4.78 is 71.2. The molecule has 0 aliphatic heterocycles. The van der Waals surface area contributed by atoms with Gasteiger partial charge in [-0.15, -0.1) is 0 Å². The van der Waals surface area contributed by atoms with Crippen molar-refractivity contribution in [1.29, 1.82) is 0 Å². The molecule has 0 spiro atoms. The van der Waals surface area contributed by atoms with E-state index in [0.717, 1.165) is 86.1 Å². The molecule has 0 aliphatic rings. The van der Waals surface area contributed by atoms with E-state index in [0.29, 0.717) is 0 Å². The van der Waals surface area contributed by atoms with Crippen LogP contribution in [0.1, 0.15) is 307 Å². The smallest absolute Gasteiger partial charge is 0.744 e. The van der Waals surface area contributed by atoms with Crippen molar-refractivity contribution in [2.24, 2.45) is 0 Å². The SMILES string of the molecule is CCCCCCCCCCCCc1cccc2cc(S(=O)(=O)[O-])cc(CCCCCCCCCCCC)c12.CCCCCCCCCCCCc1cccc2cc(S(=O)(=O)[O-])cc(CCCCCCCCCCCC)c12.[Ba+2]. The molecule has 4 rings (SSSR count). The summed E-state index contributed by atoms with van der Waals surface area (Å²) >= 11 is 0. The van der Waals surface area contributed by atoms with E-state index in [1.807, 2.05) is 24.3 Å². The summed E-state index contributed by atoms with van der Waals surface area (Å²) in [6, 6.07) is 18.9. The van der Waals surface area contributed by atoms with Gasteiger partial charge < -0.3 is 9.11 Å². The molecule has 9 heteroatoms. The first kappa shape index (κ1) is 71.9. The molecule has 0 heterocycles. The van der Waals surface area contributed by atoms with Gasteiger partial charge in [-0.3, -0.25) is 0 Å². The zero-order valence-electron chi connectivity index (χ0n) is 49.9. The summed E-state index contributed by atoms with van der Waals surface area (Å²) in [6.45, 7) is 9.04. The van der Waals surface area contributed by atoms with Gasteiger partial charge in [0.1, 0.15) is 20.2 Å². The minimum atomic E-state index is -4.47. The van der Waals surface area contributed by atoms with Crippen molar-refractivity contribution >= 4 is 90.7 Å². The Bertz CT molecular complexity index is 2160. The summed E-state index contributed by atoms with van der Waals surface area (Å²) in [5.74, 6) is 0. The third kappa shape index (κ3) is 32.3. The van der Waals surface area contributed by atoms with Crippen LogP contribution in [0.4, 0.5) is 0 Å². The van der Waals surface area contributed by atoms with Crippen molar-refractivity contribution in [3.8, 4) is 0 Å². The predicted molar refractivity (Wildman–Crippen MR) is 332 cm³/mol. The second kappa shape index (κ2) is 45.3. The third-order valence-electron chi connectivity index (χ3n) is 16.0. The maximum absolute atomic E-state index is 11.9. The molecular weight excluding hydrogens is 1110 g/mol. The normalized spacial score (nSPS) is 11.8. The van der Waals surface area contributed by atoms with Gasteiger partial charge in [-0.05, 0) is 119 Å². The van der Waals surface area contributed by atoms with Gasteiger partial charge in [0, 0.05) is 0 Å². The first-order valence-corrected chi connectivity index (χ1v) is 34.8. The van der Waals surface area contributed by atoms with E-state index in [4.69, 9.17) is 0 Å². The summed E-state index contributed by atoms with van der Waals surface area (Å²) in [5.41, 5.74) is 4.69. The van der Waals surface area contributed by atoms with E-state index in [-0.39, 0.29) is 58.7 Å². The monoisotopic (exact) mass is 1220 g/mol. The van der Waals surface area contributed by atoms with Gasteiger partial charge in [-0.2, -0.15) is 0 Å². The molecular formula is C68H110BaO6S2. The first-order valence-electron chi connectivity index (χ1n) is 31.9. The Kier molecular flexibility index (Phi) is 42.3. The maximum atomic E-state index is 11.9. The van der Waals surface area contributed by atoms with Crippen LogP contribution < -0.4 is 0 Å². The zero-order valence-corrected chi connectivity index (χ0v) is 55.9. The van der Waals surface area contributed by atoms with Gasteiger partial charge >= 0.3 is 48.9 Å². The van der Waals surface area contributed by atoms with Crippen LogP contribution in [-0.4, -0.2) is 74.8 Å². The van der Waals surface area contributed by atoms with Crippen LogP contribution >= 0.6 is 0 Å². The Balaban J connectivity index is 0.000000520. The Labute approximate surface area is 514 Å². The summed E-state index contributed by atoms with van der Waals surface area (Å²) in [6.07, 6.45) is 55.6. The van der Waals surface area contributed by atoms with Crippen LogP contribution in [0, 0.1) is 0 Å². The number of benzene rings is 4. The van der Waals surface area contributed by atoms with Crippen LogP contribution in [0.3, 0.4) is 0 Å². The second-order valence-electron chi connectivity index (χ2n) is 22.8. The molecule has 4 aromatic rings. The van der Waals surface area contributed by atoms with Crippen molar-refractivity contribution in [3.05, 3.63) is 82.9 Å². The molecule has 77 heavy (non-hydrogen) atoms. The van der Waals surface area contributed by atoms with Gasteiger partial charge in [0.05, 0.1) is 9.79 Å². The molecule has 0 aliphatic carbocycles. The van der Waals surface area contributed by atoms with Gasteiger partial charge in [-0.25, -0.2) is 16.8 Å². The molecule has 0 radical (unpaired) electrons. The standard InChI is InChI=1S/2C34H56O3S.Ba/c2*1-3-5-7-9-11-13-15-17-19-21-24-30-26-23-27-32-29-33(38(35,36)37)28-31(34(30)32)25-22-20-18-16-14-12-10-8-6-4-2;/h2*23,26-29H,3-22,24-25H2,1-2H3,(H,35,36,37);/q;;+2/p-2. The fourth-order valence-corrected chi connectivity index (χ4v) is 12.6. The number of fused-ring (bicyclic) bond motifs is 2. The maximum Gasteiger partial charge on any atom is 2.00 e. The van der Waals surface area contributed by atoms with Crippen molar-refractivity contribution in [2.75, 3.05) is 0 Å². The van der Waals surface area contributed by atoms with E-state index < -0.39 is 20.2 Å². The predicted octanol–water partition coefficient (Wildman–Crippen LogP) is 21.0. The van der Waals surface area contributed by atoms with E-state index in [9.17, 15) is 25.9 Å². The molecule has 0 atom stereocenters. The molecule has 0 aromatic heterocycles. The Morgan fingerprint density at radius 2 is 0.494 bits per heavy atom. The number of aryl methyl sites for hydroxylation is 4. The topological polar surface area (TPSA) is 114 Å². The summed E-state index contributed by atoms with van der Waals surface area (Å²) in [7, 11) is -8.94. The fraction of sp³-hybridized carbons (Fsp3) is 0.706. The van der Waals surface area contributed by atoms with Crippen molar-refractivity contribution in [2.45, 2.75) is 320 Å². The average Bonchev–Trinajstić information content (AvgIpc) is 3.40. The molecule has 0 saturated heterocycles. The molecule has 0 saturated carbocycles. The number of hydrogen-bond donors (Lipinski definition) is 0. The fourth-order valence-electron chi connectivity index (χ4n) is 11.5. The summed E-state index contributed by atoms with van der Waals surface area (Å²) in [5, 5.41) is 4.17. The molecule has 432 valence electrons. The minimum absolute atomic E-state index is 0. The van der Waals surface area contributed by atoms with Gasteiger partial charge in [0.15, 0.2) is 0 Å². The largest absolute Gasteiger partial charge is 2.00 e. The minimum Gasteiger partial charge on any atom is -0.744 e. The second-order valence-corrected chi connectivity index (χ2v) is 25.6. The van der Waals surface area contributed by atoms with Crippen molar-refractivity contribution in [3.63, 3.8) is 0 Å². The Hall–Kier alpha value is -1.21. The van der Waals surface area contributed by atoms with Crippen LogP contribution in [0.25, 0.3) is 21.5 Å². The van der Waals surface area contributed by atoms with Gasteiger partial charge in [0.25, 0.3) is 0 Å². The molecule has 0 N–H and O–H groups in total. The number of rotatable bonds is 46. The molecule has 0 bridgehead atoms. The van der Waals surface area contributed by atoms with Crippen molar-refractivity contribution < 1.29 is 25.9 Å². The average molecular weight is 1230 g/mol. The first-order chi connectivity index (χ1) is 36.9. The quantitative estimate of drug-likeness (QED) is 0.0247. The molecule has 6 nitrogen and oxygen atoms in total. The van der Waals surface area contributed by atoms with Crippen LogP contribution in [0.2, 0.25) is 0 Å². The van der Waals surface area contributed by atoms with Crippen LogP contribution in [0.5, 0.6) is 0 Å². The van der Waals surface area contributed by atoms with Gasteiger partial charge in [-0.1, -0.05) is 295 Å². The summed E-state index contributed by atoms with van der Waals surface area (Å²) in [4.78, 5) is -0.161. The van der Waals surface area contributed by atoms with E-state index >= 15 is 0 Å². The third-order valence-corrected chi connectivity index (χ3v) is 17.6. The van der Waals surface area contributed by atoms with E-state index in [1.165, 1.54) is 240 Å². The van der Waals surface area contributed by atoms with Crippen LogP contribution in [-0.2, 0) is 45.9 Å². The molecule has 0 fully saturated rings. The number of unbranched alkanes of at least 4 members (excludes halogenated alkanes) is 36. The Morgan fingerprint density at radius 3 is 0.714 bits per heavy atom. The molecule has 0 amide bonds. The van der Waals surface area contributed by atoms with E-state index in [1.54, 1.807) is 24.3 Å².